The van der Waals surface area contributed by atoms with Gasteiger partial charge in [-0.1, -0.05) is 25.3 Å². The lowest BCUT2D eigenvalue weighted by Gasteiger charge is -2.30. The lowest BCUT2D eigenvalue weighted by atomic mass is 9.81. The molecule has 1 aliphatic rings. The SMILES string of the molecule is N[C@H](c1ccc(OC(F)(F)F)c(F)c1)[C@@H](O)C1CCCCC1. The van der Waals surface area contributed by atoms with E-state index in [1.54, 1.807) is 0 Å². The molecule has 22 heavy (non-hydrogen) atoms. The molecule has 2 atom stereocenters. The first-order chi connectivity index (χ1) is 10.3. The Kier molecular flexibility index (Phi) is 5.28. The molecule has 0 aliphatic heterocycles. The summed E-state index contributed by atoms with van der Waals surface area (Å²) in [4.78, 5) is 0. The van der Waals surface area contributed by atoms with E-state index in [9.17, 15) is 22.7 Å². The van der Waals surface area contributed by atoms with Gasteiger partial charge < -0.3 is 15.6 Å². The Bertz CT molecular complexity index is 501. The van der Waals surface area contributed by atoms with Crippen molar-refractivity contribution >= 4 is 0 Å². The summed E-state index contributed by atoms with van der Waals surface area (Å²) in [7, 11) is 0. The molecule has 3 nitrogen and oxygen atoms in total. The van der Waals surface area contributed by atoms with Gasteiger partial charge in [0, 0.05) is 0 Å². The van der Waals surface area contributed by atoms with Crippen LogP contribution in [0.2, 0.25) is 0 Å². The molecule has 0 saturated heterocycles. The van der Waals surface area contributed by atoms with Gasteiger partial charge >= 0.3 is 6.36 Å². The minimum Gasteiger partial charge on any atom is -0.403 e. The van der Waals surface area contributed by atoms with Gasteiger partial charge in [-0.05, 0) is 36.5 Å². The molecule has 2 rings (SSSR count). The van der Waals surface area contributed by atoms with Gasteiger partial charge in [0.2, 0.25) is 0 Å². The molecule has 1 fully saturated rings. The molecule has 0 heterocycles. The zero-order valence-corrected chi connectivity index (χ0v) is 11.9. The van der Waals surface area contributed by atoms with Gasteiger partial charge in [-0.25, -0.2) is 4.39 Å². The molecule has 0 spiro atoms. The Morgan fingerprint density at radius 3 is 2.36 bits per heavy atom. The van der Waals surface area contributed by atoms with Crippen molar-refractivity contribution in [3.63, 3.8) is 0 Å². The van der Waals surface area contributed by atoms with Crippen LogP contribution in [0.25, 0.3) is 0 Å². The first kappa shape index (κ1) is 17.0. The third kappa shape index (κ3) is 4.33. The summed E-state index contributed by atoms with van der Waals surface area (Å²) in [5.41, 5.74) is 6.19. The van der Waals surface area contributed by atoms with E-state index in [4.69, 9.17) is 5.73 Å². The predicted octanol–water partition coefficient (Wildman–Crippen LogP) is 3.67. The molecule has 1 aromatic carbocycles. The average molecular weight is 321 g/mol. The molecule has 124 valence electrons. The summed E-state index contributed by atoms with van der Waals surface area (Å²) in [5, 5.41) is 10.3. The first-order valence-electron chi connectivity index (χ1n) is 7.27. The Morgan fingerprint density at radius 1 is 1.18 bits per heavy atom. The fourth-order valence-corrected chi connectivity index (χ4v) is 2.90. The number of ether oxygens (including phenoxy) is 1. The minimum absolute atomic E-state index is 0.0397. The summed E-state index contributed by atoms with van der Waals surface area (Å²) in [6, 6.07) is 2.18. The second-order valence-corrected chi connectivity index (χ2v) is 5.65. The van der Waals surface area contributed by atoms with Crippen molar-refractivity contribution in [1.82, 2.24) is 0 Å². The summed E-state index contributed by atoms with van der Waals surface area (Å²) < 4.78 is 53.5. The van der Waals surface area contributed by atoms with E-state index in [1.807, 2.05) is 0 Å². The highest BCUT2D eigenvalue weighted by Crippen LogP contribution is 2.33. The van der Waals surface area contributed by atoms with E-state index in [-0.39, 0.29) is 11.5 Å². The molecule has 1 aromatic rings. The minimum atomic E-state index is -4.95. The second-order valence-electron chi connectivity index (χ2n) is 5.65. The Morgan fingerprint density at radius 2 is 1.82 bits per heavy atom. The third-order valence-corrected chi connectivity index (χ3v) is 4.07. The van der Waals surface area contributed by atoms with Gasteiger partial charge in [-0.2, -0.15) is 0 Å². The molecule has 0 bridgehead atoms. The molecule has 0 unspecified atom stereocenters. The van der Waals surface area contributed by atoms with Crippen molar-refractivity contribution in [2.75, 3.05) is 0 Å². The molecule has 1 saturated carbocycles. The Hall–Kier alpha value is -1.34. The number of halogens is 4. The predicted molar refractivity (Wildman–Crippen MR) is 72.6 cm³/mol. The fraction of sp³-hybridized carbons (Fsp3) is 0.600. The van der Waals surface area contributed by atoms with Crippen LogP contribution in [0.1, 0.15) is 43.7 Å². The summed E-state index contributed by atoms with van der Waals surface area (Å²) in [6.45, 7) is 0. The maximum Gasteiger partial charge on any atom is 0.573 e. The van der Waals surface area contributed by atoms with Gasteiger partial charge in [-0.15, -0.1) is 13.2 Å². The lowest BCUT2D eigenvalue weighted by molar-refractivity contribution is -0.275. The molecular weight excluding hydrogens is 302 g/mol. The highest BCUT2D eigenvalue weighted by atomic mass is 19.4. The maximum atomic E-state index is 13.7. The molecule has 0 aromatic heterocycles. The Balaban J connectivity index is 2.09. The Labute approximate surface area is 126 Å². The van der Waals surface area contributed by atoms with Crippen LogP contribution in [0.4, 0.5) is 17.6 Å². The number of hydrogen-bond donors (Lipinski definition) is 2. The van der Waals surface area contributed by atoms with Crippen LogP contribution in [0, 0.1) is 11.7 Å². The van der Waals surface area contributed by atoms with Gasteiger partial charge in [0.05, 0.1) is 12.1 Å². The van der Waals surface area contributed by atoms with Crippen LogP contribution in [-0.2, 0) is 0 Å². The van der Waals surface area contributed by atoms with Gasteiger partial charge in [0.1, 0.15) is 0 Å². The van der Waals surface area contributed by atoms with Gasteiger partial charge in [0.15, 0.2) is 11.6 Å². The maximum absolute atomic E-state index is 13.7. The van der Waals surface area contributed by atoms with Gasteiger partial charge in [-0.3, -0.25) is 0 Å². The number of alkyl halides is 3. The van der Waals surface area contributed by atoms with Crippen molar-refractivity contribution in [3.05, 3.63) is 29.6 Å². The number of nitrogens with two attached hydrogens (primary N) is 1. The quantitative estimate of drug-likeness (QED) is 0.832. The van der Waals surface area contributed by atoms with Crippen molar-refractivity contribution in [2.45, 2.75) is 50.6 Å². The van der Waals surface area contributed by atoms with Crippen molar-refractivity contribution in [1.29, 1.82) is 0 Å². The first-order valence-corrected chi connectivity index (χ1v) is 7.27. The highest BCUT2D eigenvalue weighted by Gasteiger charge is 2.33. The topological polar surface area (TPSA) is 55.5 Å². The summed E-state index contributed by atoms with van der Waals surface area (Å²) >= 11 is 0. The van der Waals surface area contributed by atoms with E-state index in [1.165, 1.54) is 6.07 Å². The summed E-state index contributed by atoms with van der Waals surface area (Å²) in [5.74, 6) is -2.02. The standard InChI is InChI=1S/C15H19F4NO2/c16-11-8-10(6-7-12(11)22-15(17,18)19)13(20)14(21)9-4-2-1-3-5-9/h6-9,13-14,21H,1-5,20H2/t13-,14+/m1/s1. The third-order valence-electron chi connectivity index (χ3n) is 4.07. The smallest absolute Gasteiger partial charge is 0.403 e. The van der Waals surface area contributed by atoms with Crippen LogP contribution < -0.4 is 10.5 Å². The zero-order valence-electron chi connectivity index (χ0n) is 11.9. The number of benzene rings is 1. The second kappa shape index (κ2) is 6.83. The van der Waals surface area contributed by atoms with Crippen LogP contribution in [0.15, 0.2) is 18.2 Å². The van der Waals surface area contributed by atoms with E-state index in [0.29, 0.717) is 0 Å². The molecule has 1 aliphatic carbocycles. The van der Waals surface area contributed by atoms with Crippen molar-refractivity contribution in [3.8, 4) is 5.75 Å². The van der Waals surface area contributed by atoms with Crippen LogP contribution >= 0.6 is 0 Å². The monoisotopic (exact) mass is 321 g/mol. The summed E-state index contributed by atoms with van der Waals surface area (Å²) in [6.07, 6.45) is -0.932. The van der Waals surface area contributed by atoms with Crippen molar-refractivity contribution < 1.29 is 27.4 Å². The van der Waals surface area contributed by atoms with Crippen LogP contribution in [0.3, 0.4) is 0 Å². The van der Waals surface area contributed by atoms with E-state index in [0.717, 1.165) is 44.2 Å². The van der Waals surface area contributed by atoms with Crippen LogP contribution in [-0.4, -0.2) is 17.6 Å². The number of aliphatic hydroxyl groups is 1. The molecule has 0 radical (unpaired) electrons. The van der Waals surface area contributed by atoms with E-state index >= 15 is 0 Å². The van der Waals surface area contributed by atoms with Gasteiger partial charge in [0.25, 0.3) is 0 Å². The molecule has 3 N–H and O–H groups in total. The van der Waals surface area contributed by atoms with E-state index in [2.05, 4.69) is 4.74 Å². The van der Waals surface area contributed by atoms with Crippen LogP contribution in [0.5, 0.6) is 5.75 Å². The largest absolute Gasteiger partial charge is 0.573 e. The normalized spacial score (nSPS) is 19.7. The van der Waals surface area contributed by atoms with E-state index < -0.39 is 30.1 Å². The fourth-order valence-electron chi connectivity index (χ4n) is 2.90. The molecular formula is C15H19F4NO2. The molecule has 0 amide bonds. The lowest BCUT2D eigenvalue weighted by Crippen LogP contribution is -2.34. The number of hydrogen-bond acceptors (Lipinski definition) is 3. The highest BCUT2D eigenvalue weighted by molar-refractivity contribution is 5.31. The average Bonchev–Trinajstić information content (AvgIpc) is 2.47. The number of rotatable bonds is 4. The van der Waals surface area contributed by atoms with Crippen molar-refractivity contribution in [2.24, 2.45) is 11.7 Å². The number of aliphatic hydroxyl groups excluding tert-OH is 1. The molecule has 7 heteroatoms. The zero-order chi connectivity index (χ0) is 16.3.